The van der Waals surface area contributed by atoms with E-state index in [2.05, 4.69) is 15.5 Å². The molecule has 1 unspecified atom stereocenters. The molecule has 0 amide bonds. The van der Waals surface area contributed by atoms with Gasteiger partial charge in [-0.05, 0) is 22.6 Å². The summed E-state index contributed by atoms with van der Waals surface area (Å²) in [6.45, 7) is 0. The van der Waals surface area contributed by atoms with Crippen LogP contribution in [0.25, 0.3) is 5.69 Å². The number of halogens is 3. The van der Waals surface area contributed by atoms with Gasteiger partial charge in [-0.1, -0.05) is 30.0 Å². The Morgan fingerprint density at radius 2 is 2.00 bits per heavy atom. The molecule has 0 radical (unpaired) electrons. The molecule has 0 spiro atoms. The van der Waals surface area contributed by atoms with E-state index in [0.717, 1.165) is 4.68 Å². The fourth-order valence-corrected chi connectivity index (χ4v) is 2.43. The van der Waals surface area contributed by atoms with Gasteiger partial charge < -0.3 is 5.11 Å². The predicted octanol–water partition coefficient (Wildman–Crippen LogP) is 2.16. The highest BCUT2D eigenvalue weighted by Gasteiger charge is 2.43. The van der Waals surface area contributed by atoms with Gasteiger partial charge in [0.05, 0.1) is 12.1 Å². The lowest BCUT2D eigenvalue weighted by Crippen LogP contribution is -2.28. The first-order chi connectivity index (χ1) is 9.88. The fraction of sp³-hybridized carbons (Fsp3) is 0.273. The molecule has 0 fully saturated rings. The van der Waals surface area contributed by atoms with Crippen molar-refractivity contribution in [2.24, 2.45) is 0 Å². The summed E-state index contributed by atoms with van der Waals surface area (Å²) in [6, 6.07) is 8.36. The minimum atomic E-state index is -4.67. The summed E-state index contributed by atoms with van der Waals surface area (Å²) >= 11 is 0.273. The van der Waals surface area contributed by atoms with E-state index >= 15 is 0 Å². The van der Waals surface area contributed by atoms with E-state index in [-0.39, 0.29) is 16.9 Å². The van der Waals surface area contributed by atoms with Crippen LogP contribution in [0.1, 0.15) is 6.42 Å². The lowest BCUT2D eigenvalue weighted by Gasteiger charge is -2.17. The SMILES string of the molecule is O=C(O)CC(Sc1nnnn1-c1ccccc1)C(F)(F)F. The van der Waals surface area contributed by atoms with Crippen molar-refractivity contribution in [3.63, 3.8) is 0 Å². The molecule has 0 saturated carbocycles. The number of carbonyl (C=O) groups is 1. The van der Waals surface area contributed by atoms with Crippen LogP contribution in [0.3, 0.4) is 0 Å². The molecule has 1 atom stereocenters. The Morgan fingerprint density at radius 1 is 1.33 bits per heavy atom. The molecule has 0 aliphatic heterocycles. The van der Waals surface area contributed by atoms with Gasteiger partial charge in [-0.15, -0.1) is 5.10 Å². The molecule has 2 aromatic rings. The topological polar surface area (TPSA) is 80.9 Å². The lowest BCUT2D eigenvalue weighted by molar-refractivity contribution is -0.149. The second-order valence-electron chi connectivity index (χ2n) is 3.95. The summed E-state index contributed by atoms with van der Waals surface area (Å²) in [6.07, 6.45) is -5.73. The molecule has 0 aliphatic carbocycles. The summed E-state index contributed by atoms with van der Waals surface area (Å²) in [7, 11) is 0. The highest BCUT2D eigenvalue weighted by atomic mass is 32.2. The average Bonchev–Trinajstić information content (AvgIpc) is 2.85. The summed E-state index contributed by atoms with van der Waals surface area (Å²) in [5.74, 6) is -1.54. The van der Waals surface area contributed by atoms with Crippen molar-refractivity contribution in [1.82, 2.24) is 20.2 Å². The van der Waals surface area contributed by atoms with Gasteiger partial charge >= 0.3 is 12.1 Å². The molecule has 2 rings (SSSR count). The van der Waals surface area contributed by atoms with Gasteiger partial charge in [0.25, 0.3) is 0 Å². The predicted molar refractivity (Wildman–Crippen MR) is 67.1 cm³/mol. The summed E-state index contributed by atoms with van der Waals surface area (Å²) in [4.78, 5) is 10.6. The maximum absolute atomic E-state index is 12.8. The number of para-hydroxylation sites is 1. The highest BCUT2D eigenvalue weighted by Crippen LogP contribution is 2.36. The zero-order valence-electron chi connectivity index (χ0n) is 10.4. The number of tetrazole rings is 1. The quantitative estimate of drug-likeness (QED) is 0.851. The Balaban J connectivity index is 2.27. The molecular formula is C11H9F3N4O2S. The molecule has 6 nitrogen and oxygen atoms in total. The molecule has 1 aromatic heterocycles. The Kier molecular flexibility index (Phi) is 4.46. The number of rotatable bonds is 5. The van der Waals surface area contributed by atoms with Crippen molar-refractivity contribution >= 4 is 17.7 Å². The zero-order chi connectivity index (χ0) is 15.5. The van der Waals surface area contributed by atoms with Crippen LogP contribution in [-0.4, -0.2) is 42.7 Å². The molecular weight excluding hydrogens is 309 g/mol. The highest BCUT2D eigenvalue weighted by molar-refractivity contribution is 7.99. The molecule has 21 heavy (non-hydrogen) atoms. The van der Waals surface area contributed by atoms with Crippen LogP contribution in [0.2, 0.25) is 0 Å². The molecule has 0 saturated heterocycles. The standard InChI is InChI=1S/C11H9F3N4O2S/c12-11(13,14)8(6-9(19)20)21-10-15-16-17-18(10)7-4-2-1-3-5-7/h1-5,8H,6H2,(H,19,20). The summed E-state index contributed by atoms with van der Waals surface area (Å²) in [5, 5.41) is 16.8. The Morgan fingerprint density at radius 3 is 2.57 bits per heavy atom. The van der Waals surface area contributed by atoms with E-state index in [0.29, 0.717) is 5.69 Å². The molecule has 1 heterocycles. The Hall–Kier alpha value is -2.10. The molecule has 10 heteroatoms. The van der Waals surface area contributed by atoms with Crippen molar-refractivity contribution in [3.05, 3.63) is 30.3 Å². The van der Waals surface area contributed by atoms with Crippen LogP contribution in [0.5, 0.6) is 0 Å². The monoisotopic (exact) mass is 318 g/mol. The van der Waals surface area contributed by atoms with E-state index in [1.165, 1.54) is 0 Å². The second-order valence-corrected chi connectivity index (χ2v) is 5.12. The van der Waals surface area contributed by atoms with E-state index in [1.807, 2.05) is 0 Å². The molecule has 0 aliphatic rings. The number of benzene rings is 1. The number of carboxylic acid groups (broad SMARTS) is 1. The first kappa shape index (κ1) is 15.3. The minimum absolute atomic E-state index is 0.121. The first-order valence-electron chi connectivity index (χ1n) is 5.67. The number of thioether (sulfide) groups is 1. The lowest BCUT2D eigenvalue weighted by atomic mass is 10.3. The largest absolute Gasteiger partial charge is 0.481 e. The van der Waals surface area contributed by atoms with Crippen molar-refractivity contribution in [2.75, 3.05) is 0 Å². The number of alkyl halides is 3. The van der Waals surface area contributed by atoms with Gasteiger partial charge in [-0.25, -0.2) is 0 Å². The maximum atomic E-state index is 12.8. The third-order valence-electron chi connectivity index (χ3n) is 2.41. The van der Waals surface area contributed by atoms with Crippen LogP contribution < -0.4 is 0 Å². The number of aliphatic carboxylic acids is 1. The van der Waals surface area contributed by atoms with E-state index < -0.39 is 23.8 Å². The molecule has 1 aromatic carbocycles. The number of nitrogens with zero attached hydrogens (tertiary/aromatic N) is 4. The average molecular weight is 318 g/mol. The van der Waals surface area contributed by atoms with Crippen molar-refractivity contribution in [3.8, 4) is 5.69 Å². The normalized spacial score (nSPS) is 13.1. The van der Waals surface area contributed by atoms with Crippen molar-refractivity contribution in [2.45, 2.75) is 23.0 Å². The smallest absolute Gasteiger partial charge is 0.401 e. The third kappa shape index (κ3) is 3.94. The number of hydrogen-bond donors (Lipinski definition) is 1. The van der Waals surface area contributed by atoms with Gasteiger partial charge in [0.2, 0.25) is 5.16 Å². The number of hydrogen-bond acceptors (Lipinski definition) is 5. The van der Waals surface area contributed by atoms with Crippen molar-refractivity contribution in [1.29, 1.82) is 0 Å². The van der Waals surface area contributed by atoms with Crippen LogP contribution in [0.4, 0.5) is 13.2 Å². The van der Waals surface area contributed by atoms with Gasteiger partial charge in [0, 0.05) is 0 Å². The number of carboxylic acids is 1. The van der Waals surface area contributed by atoms with Gasteiger partial charge in [-0.2, -0.15) is 17.9 Å². The van der Waals surface area contributed by atoms with Crippen molar-refractivity contribution < 1.29 is 23.1 Å². The van der Waals surface area contributed by atoms with Gasteiger partial charge in [-0.3, -0.25) is 4.79 Å². The van der Waals surface area contributed by atoms with Crippen LogP contribution in [-0.2, 0) is 4.79 Å². The second kappa shape index (κ2) is 6.12. The molecule has 112 valence electrons. The van der Waals surface area contributed by atoms with Crippen LogP contribution in [0.15, 0.2) is 35.5 Å². The van der Waals surface area contributed by atoms with Gasteiger partial charge in [0.1, 0.15) is 5.25 Å². The minimum Gasteiger partial charge on any atom is -0.481 e. The Labute approximate surface area is 121 Å². The summed E-state index contributed by atoms with van der Waals surface area (Å²) in [5.41, 5.74) is 0.487. The van der Waals surface area contributed by atoms with Crippen LogP contribution in [0, 0.1) is 0 Å². The third-order valence-corrected chi connectivity index (χ3v) is 3.60. The maximum Gasteiger partial charge on any atom is 0.401 e. The van der Waals surface area contributed by atoms with E-state index in [9.17, 15) is 18.0 Å². The first-order valence-corrected chi connectivity index (χ1v) is 6.55. The van der Waals surface area contributed by atoms with E-state index in [4.69, 9.17) is 5.11 Å². The molecule has 0 bridgehead atoms. The zero-order valence-corrected chi connectivity index (χ0v) is 11.2. The Bertz CT molecular complexity index is 617. The fourth-order valence-electron chi connectivity index (χ4n) is 1.49. The number of aromatic nitrogens is 4. The van der Waals surface area contributed by atoms with Crippen LogP contribution >= 0.6 is 11.8 Å². The van der Waals surface area contributed by atoms with Gasteiger partial charge in [0.15, 0.2) is 0 Å². The summed E-state index contributed by atoms with van der Waals surface area (Å²) < 4.78 is 39.7. The van der Waals surface area contributed by atoms with E-state index in [1.54, 1.807) is 30.3 Å². The molecule has 1 N–H and O–H groups in total.